The van der Waals surface area contributed by atoms with Gasteiger partial charge in [-0.2, -0.15) is 0 Å². The predicted molar refractivity (Wildman–Crippen MR) is 83.4 cm³/mol. The van der Waals surface area contributed by atoms with Crippen LogP contribution in [0.1, 0.15) is 52.0 Å². The minimum atomic E-state index is -0.466. The predicted octanol–water partition coefficient (Wildman–Crippen LogP) is 4.66. The highest BCUT2D eigenvalue weighted by molar-refractivity contribution is 5.28. The van der Waals surface area contributed by atoms with Crippen LogP contribution in [-0.4, -0.2) is 13.1 Å². The minimum Gasteiger partial charge on any atom is -0.316 e. The maximum atomic E-state index is 13.6. The number of hydrogen-bond acceptors (Lipinski definition) is 1. The standard InChI is InChI=1S/C18H27F2N/c1-13(2)11-21-12-18(6-4-14(3)5-7-18)15-8-16(19)10-17(20)9-15/h8-10,13-14,21H,4-7,11-12H2,1-3H3. The molecule has 0 bridgehead atoms. The van der Waals surface area contributed by atoms with Gasteiger partial charge in [0, 0.05) is 18.0 Å². The van der Waals surface area contributed by atoms with Crippen LogP contribution >= 0.6 is 0 Å². The van der Waals surface area contributed by atoms with E-state index in [1.54, 1.807) is 0 Å². The zero-order valence-corrected chi connectivity index (χ0v) is 13.4. The van der Waals surface area contributed by atoms with Crippen molar-refractivity contribution in [3.63, 3.8) is 0 Å². The summed E-state index contributed by atoms with van der Waals surface area (Å²) < 4.78 is 27.2. The van der Waals surface area contributed by atoms with Gasteiger partial charge in [-0.1, -0.05) is 20.8 Å². The van der Waals surface area contributed by atoms with Gasteiger partial charge >= 0.3 is 0 Å². The summed E-state index contributed by atoms with van der Waals surface area (Å²) in [6.07, 6.45) is 4.26. The SMILES string of the molecule is CC(C)CNCC1(c2cc(F)cc(F)c2)CCC(C)CC1. The first-order chi connectivity index (χ1) is 9.91. The van der Waals surface area contributed by atoms with Crippen LogP contribution in [0.25, 0.3) is 0 Å². The van der Waals surface area contributed by atoms with Crippen molar-refractivity contribution < 1.29 is 8.78 Å². The Balaban J connectivity index is 2.22. The summed E-state index contributed by atoms with van der Waals surface area (Å²) >= 11 is 0. The van der Waals surface area contributed by atoms with Crippen LogP contribution in [0.4, 0.5) is 8.78 Å². The van der Waals surface area contributed by atoms with Gasteiger partial charge in [0.05, 0.1) is 0 Å². The lowest BCUT2D eigenvalue weighted by molar-refractivity contribution is 0.230. The van der Waals surface area contributed by atoms with Crippen molar-refractivity contribution in [3.05, 3.63) is 35.4 Å². The van der Waals surface area contributed by atoms with Gasteiger partial charge in [0.1, 0.15) is 11.6 Å². The quantitative estimate of drug-likeness (QED) is 0.833. The summed E-state index contributed by atoms with van der Waals surface area (Å²) in [4.78, 5) is 0. The number of rotatable bonds is 5. The summed E-state index contributed by atoms with van der Waals surface area (Å²) in [6.45, 7) is 8.35. The lowest BCUT2D eigenvalue weighted by atomic mass is 9.67. The van der Waals surface area contributed by atoms with E-state index in [-0.39, 0.29) is 5.41 Å². The maximum absolute atomic E-state index is 13.6. The van der Waals surface area contributed by atoms with Crippen molar-refractivity contribution in [2.24, 2.45) is 11.8 Å². The molecule has 1 N–H and O–H groups in total. The second-order valence-electron chi connectivity index (χ2n) is 7.15. The fourth-order valence-corrected chi connectivity index (χ4v) is 3.34. The normalized spacial score (nSPS) is 26.3. The highest BCUT2D eigenvalue weighted by Gasteiger charge is 2.36. The average molecular weight is 295 g/mol. The Hall–Kier alpha value is -0.960. The average Bonchev–Trinajstić information content (AvgIpc) is 2.40. The van der Waals surface area contributed by atoms with E-state index >= 15 is 0 Å². The zero-order chi connectivity index (χ0) is 15.5. The van der Waals surface area contributed by atoms with Crippen LogP contribution in [0.3, 0.4) is 0 Å². The smallest absolute Gasteiger partial charge is 0.126 e. The Morgan fingerprint density at radius 1 is 1.14 bits per heavy atom. The molecule has 0 saturated heterocycles. The zero-order valence-electron chi connectivity index (χ0n) is 13.4. The highest BCUT2D eigenvalue weighted by atomic mass is 19.1. The first-order valence-electron chi connectivity index (χ1n) is 8.08. The molecule has 0 spiro atoms. The van der Waals surface area contributed by atoms with Gasteiger partial charge in [0.15, 0.2) is 0 Å². The molecular weight excluding hydrogens is 268 g/mol. The van der Waals surface area contributed by atoms with Crippen LogP contribution < -0.4 is 5.32 Å². The molecule has 0 aromatic heterocycles. The van der Waals surface area contributed by atoms with Crippen molar-refractivity contribution in [3.8, 4) is 0 Å². The number of hydrogen-bond donors (Lipinski definition) is 1. The fourth-order valence-electron chi connectivity index (χ4n) is 3.34. The van der Waals surface area contributed by atoms with Gasteiger partial charge in [-0.15, -0.1) is 0 Å². The van der Waals surface area contributed by atoms with Crippen LogP contribution in [0.15, 0.2) is 18.2 Å². The number of benzene rings is 1. The third-order valence-electron chi connectivity index (χ3n) is 4.72. The van der Waals surface area contributed by atoms with Crippen LogP contribution in [0, 0.1) is 23.5 Å². The van der Waals surface area contributed by atoms with E-state index in [1.807, 2.05) is 0 Å². The Morgan fingerprint density at radius 3 is 2.24 bits per heavy atom. The molecule has 21 heavy (non-hydrogen) atoms. The molecule has 3 heteroatoms. The Labute approximate surface area is 127 Å². The third-order valence-corrected chi connectivity index (χ3v) is 4.72. The Morgan fingerprint density at radius 2 is 1.71 bits per heavy atom. The van der Waals surface area contributed by atoms with Gasteiger partial charge in [0.25, 0.3) is 0 Å². The molecule has 0 atom stereocenters. The molecule has 0 unspecified atom stereocenters. The maximum Gasteiger partial charge on any atom is 0.126 e. The summed E-state index contributed by atoms with van der Waals surface area (Å²) in [7, 11) is 0. The van der Waals surface area contributed by atoms with E-state index in [2.05, 4.69) is 26.1 Å². The first-order valence-corrected chi connectivity index (χ1v) is 8.08. The molecule has 1 aliphatic rings. The molecule has 0 aliphatic heterocycles. The molecule has 1 saturated carbocycles. The molecule has 1 nitrogen and oxygen atoms in total. The van der Waals surface area contributed by atoms with E-state index < -0.39 is 11.6 Å². The van der Waals surface area contributed by atoms with Crippen LogP contribution in [0.2, 0.25) is 0 Å². The van der Waals surface area contributed by atoms with Crippen LogP contribution in [0.5, 0.6) is 0 Å². The number of nitrogens with one attached hydrogen (secondary N) is 1. The summed E-state index contributed by atoms with van der Waals surface area (Å²) in [5.74, 6) is 0.356. The molecule has 2 rings (SSSR count). The first kappa shape index (κ1) is 16.4. The molecular formula is C18H27F2N. The summed E-state index contributed by atoms with van der Waals surface area (Å²) in [5, 5.41) is 3.50. The fraction of sp³-hybridized carbons (Fsp3) is 0.667. The van der Waals surface area contributed by atoms with Gasteiger partial charge in [0.2, 0.25) is 0 Å². The van der Waals surface area contributed by atoms with E-state index in [0.717, 1.165) is 50.4 Å². The van der Waals surface area contributed by atoms with Crippen molar-refractivity contribution in [1.29, 1.82) is 0 Å². The minimum absolute atomic E-state index is 0.121. The van der Waals surface area contributed by atoms with E-state index in [9.17, 15) is 8.78 Å². The molecule has 1 fully saturated rings. The summed E-state index contributed by atoms with van der Waals surface area (Å²) in [6, 6.07) is 4.01. The molecule has 118 valence electrons. The van der Waals surface area contributed by atoms with Gasteiger partial charge in [-0.25, -0.2) is 8.78 Å². The van der Waals surface area contributed by atoms with Gasteiger partial charge in [-0.3, -0.25) is 0 Å². The summed E-state index contributed by atoms with van der Waals surface area (Å²) in [5.41, 5.74) is 0.702. The van der Waals surface area contributed by atoms with E-state index in [0.29, 0.717) is 11.8 Å². The van der Waals surface area contributed by atoms with Crippen molar-refractivity contribution >= 4 is 0 Å². The topological polar surface area (TPSA) is 12.0 Å². The van der Waals surface area contributed by atoms with Crippen molar-refractivity contribution in [2.45, 2.75) is 51.9 Å². The third kappa shape index (κ3) is 4.26. The molecule has 1 aromatic rings. The Kier molecular flexibility index (Phi) is 5.37. The lowest BCUT2D eigenvalue weighted by Gasteiger charge is -2.40. The molecule has 0 amide bonds. The second-order valence-corrected chi connectivity index (χ2v) is 7.15. The Bertz CT molecular complexity index is 442. The molecule has 1 aromatic carbocycles. The van der Waals surface area contributed by atoms with Crippen LogP contribution in [-0.2, 0) is 5.41 Å². The van der Waals surface area contributed by atoms with Crippen molar-refractivity contribution in [2.75, 3.05) is 13.1 Å². The van der Waals surface area contributed by atoms with Crippen molar-refractivity contribution in [1.82, 2.24) is 5.32 Å². The largest absolute Gasteiger partial charge is 0.316 e. The second kappa shape index (κ2) is 6.87. The van der Waals surface area contributed by atoms with E-state index in [1.165, 1.54) is 12.1 Å². The molecule has 0 radical (unpaired) electrons. The molecule has 1 aliphatic carbocycles. The van der Waals surface area contributed by atoms with E-state index in [4.69, 9.17) is 0 Å². The van der Waals surface area contributed by atoms with Gasteiger partial charge in [-0.05, 0) is 61.8 Å². The van der Waals surface area contributed by atoms with Gasteiger partial charge < -0.3 is 5.32 Å². The lowest BCUT2D eigenvalue weighted by Crippen LogP contribution is -2.42. The number of halogens is 2. The molecule has 0 heterocycles. The highest BCUT2D eigenvalue weighted by Crippen LogP contribution is 2.41. The monoisotopic (exact) mass is 295 g/mol.